The van der Waals surface area contributed by atoms with Crippen LogP contribution in [0.3, 0.4) is 0 Å². The van der Waals surface area contributed by atoms with Gasteiger partial charge in [-0.2, -0.15) is 0 Å². The van der Waals surface area contributed by atoms with Crippen molar-refractivity contribution in [1.29, 1.82) is 0 Å². The maximum absolute atomic E-state index is 12.4. The van der Waals surface area contributed by atoms with Crippen molar-refractivity contribution < 1.29 is 9.53 Å². The summed E-state index contributed by atoms with van der Waals surface area (Å²) in [5, 5.41) is 4.38. The summed E-state index contributed by atoms with van der Waals surface area (Å²) in [5.74, 6) is -0.301. The summed E-state index contributed by atoms with van der Waals surface area (Å²) in [6.07, 6.45) is 3.21. The molecule has 4 aromatic rings. The monoisotopic (exact) mass is 393 g/mol. The average Bonchev–Trinajstić information content (AvgIpc) is 3.16. The molecule has 0 aliphatic rings. The SMILES string of the molecule is O=C(Nc1ccc2cc[nH]c2c1)c1cc(=O)c(OCc2ccccc2Cl)c[nH]1. The van der Waals surface area contributed by atoms with Gasteiger partial charge in [0.2, 0.25) is 5.43 Å². The third-order valence-electron chi connectivity index (χ3n) is 4.28. The number of rotatable bonds is 5. The summed E-state index contributed by atoms with van der Waals surface area (Å²) in [6.45, 7) is 0.157. The molecular formula is C21H16ClN3O3. The van der Waals surface area contributed by atoms with Gasteiger partial charge in [0.15, 0.2) is 5.75 Å². The summed E-state index contributed by atoms with van der Waals surface area (Å²) in [4.78, 5) is 30.6. The average molecular weight is 394 g/mol. The van der Waals surface area contributed by atoms with Crippen LogP contribution in [0.5, 0.6) is 5.75 Å². The van der Waals surface area contributed by atoms with E-state index >= 15 is 0 Å². The van der Waals surface area contributed by atoms with Crippen LogP contribution in [-0.2, 0) is 6.61 Å². The Balaban J connectivity index is 1.46. The highest BCUT2D eigenvalue weighted by molar-refractivity contribution is 6.31. The molecule has 3 N–H and O–H groups in total. The van der Waals surface area contributed by atoms with Crippen molar-refractivity contribution in [3.63, 3.8) is 0 Å². The number of ether oxygens (including phenoxy) is 1. The number of pyridine rings is 1. The van der Waals surface area contributed by atoms with E-state index in [1.165, 1.54) is 12.3 Å². The Hall–Kier alpha value is -3.51. The van der Waals surface area contributed by atoms with E-state index in [1.54, 1.807) is 12.1 Å². The summed E-state index contributed by atoms with van der Waals surface area (Å²) < 4.78 is 5.53. The summed E-state index contributed by atoms with van der Waals surface area (Å²) in [7, 11) is 0. The second kappa shape index (κ2) is 7.62. The molecule has 2 heterocycles. The molecular weight excluding hydrogens is 378 g/mol. The lowest BCUT2D eigenvalue weighted by molar-refractivity contribution is 0.102. The van der Waals surface area contributed by atoms with E-state index in [-0.39, 0.29) is 18.1 Å². The number of benzene rings is 2. The molecule has 140 valence electrons. The molecule has 1 amide bonds. The van der Waals surface area contributed by atoms with E-state index in [1.807, 2.05) is 42.6 Å². The quantitative estimate of drug-likeness (QED) is 0.471. The number of anilines is 1. The van der Waals surface area contributed by atoms with Crippen molar-refractivity contribution in [1.82, 2.24) is 9.97 Å². The smallest absolute Gasteiger partial charge is 0.272 e. The number of hydrogen-bond acceptors (Lipinski definition) is 3. The fourth-order valence-corrected chi connectivity index (χ4v) is 2.99. The van der Waals surface area contributed by atoms with Crippen LogP contribution in [-0.4, -0.2) is 15.9 Å². The van der Waals surface area contributed by atoms with Crippen LogP contribution in [0.25, 0.3) is 10.9 Å². The molecule has 0 fully saturated rings. The zero-order chi connectivity index (χ0) is 19.5. The lowest BCUT2D eigenvalue weighted by atomic mass is 10.2. The van der Waals surface area contributed by atoms with Crippen molar-refractivity contribution >= 4 is 34.1 Å². The minimum Gasteiger partial charge on any atom is -0.483 e. The van der Waals surface area contributed by atoms with Gasteiger partial charge < -0.3 is 20.0 Å². The Morgan fingerprint density at radius 2 is 1.93 bits per heavy atom. The van der Waals surface area contributed by atoms with Gasteiger partial charge in [-0.1, -0.05) is 35.9 Å². The molecule has 0 saturated heterocycles. The van der Waals surface area contributed by atoms with Crippen LogP contribution in [0.15, 0.2) is 71.8 Å². The Bertz CT molecular complexity index is 1210. The number of amides is 1. The fourth-order valence-electron chi connectivity index (χ4n) is 2.80. The molecule has 0 aliphatic carbocycles. The lowest BCUT2D eigenvalue weighted by Crippen LogP contribution is -2.17. The predicted molar refractivity (Wildman–Crippen MR) is 109 cm³/mol. The molecule has 0 saturated carbocycles. The maximum Gasteiger partial charge on any atom is 0.272 e. The van der Waals surface area contributed by atoms with Gasteiger partial charge in [-0.05, 0) is 29.7 Å². The van der Waals surface area contributed by atoms with Gasteiger partial charge in [0, 0.05) is 40.3 Å². The zero-order valence-corrected chi connectivity index (χ0v) is 15.4. The highest BCUT2D eigenvalue weighted by atomic mass is 35.5. The van der Waals surface area contributed by atoms with E-state index in [9.17, 15) is 9.59 Å². The predicted octanol–water partition coefficient (Wildman–Crippen LogP) is 4.34. The van der Waals surface area contributed by atoms with Crippen LogP contribution < -0.4 is 15.5 Å². The highest BCUT2D eigenvalue weighted by Crippen LogP contribution is 2.19. The van der Waals surface area contributed by atoms with Gasteiger partial charge in [0.1, 0.15) is 12.3 Å². The third kappa shape index (κ3) is 3.77. The molecule has 2 aromatic heterocycles. The Morgan fingerprint density at radius 3 is 2.75 bits per heavy atom. The molecule has 28 heavy (non-hydrogen) atoms. The number of carbonyl (C=O) groups excluding carboxylic acids is 1. The van der Waals surface area contributed by atoms with Gasteiger partial charge in [-0.25, -0.2) is 0 Å². The summed E-state index contributed by atoms with van der Waals surface area (Å²) in [5.41, 5.74) is 2.05. The van der Waals surface area contributed by atoms with Gasteiger partial charge in [0.25, 0.3) is 5.91 Å². The molecule has 7 heteroatoms. The first-order valence-electron chi connectivity index (χ1n) is 8.57. The third-order valence-corrected chi connectivity index (χ3v) is 4.64. The van der Waals surface area contributed by atoms with E-state index in [4.69, 9.17) is 16.3 Å². The number of halogens is 1. The van der Waals surface area contributed by atoms with Crippen molar-refractivity contribution in [3.05, 3.63) is 93.5 Å². The van der Waals surface area contributed by atoms with Gasteiger partial charge in [-0.15, -0.1) is 0 Å². The number of H-pyrrole nitrogens is 2. The summed E-state index contributed by atoms with van der Waals surface area (Å²) in [6, 6.07) is 15.9. The molecule has 0 unspecified atom stereocenters. The van der Waals surface area contributed by atoms with Gasteiger partial charge in [0.05, 0.1) is 0 Å². The van der Waals surface area contributed by atoms with Crippen molar-refractivity contribution in [2.75, 3.05) is 5.32 Å². The van der Waals surface area contributed by atoms with Crippen LogP contribution >= 0.6 is 11.6 Å². The largest absolute Gasteiger partial charge is 0.483 e. The number of hydrogen-bond donors (Lipinski definition) is 3. The molecule has 4 rings (SSSR count). The minimum absolute atomic E-state index is 0.115. The van der Waals surface area contributed by atoms with Crippen molar-refractivity contribution in [2.24, 2.45) is 0 Å². The van der Waals surface area contributed by atoms with Crippen molar-refractivity contribution in [2.45, 2.75) is 6.61 Å². The molecule has 0 radical (unpaired) electrons. The Morgan fingerprint density at radius 1 is 1.07 bits per heavy atom. The van der Waals surface area contributed by atoms with Gasteiger partial charge >= 0.3 is 0 Å². The highest BCUT2D eigenvalue weighted by Gasteiger charge is 2.11. The van der Waals surface area contributed by atoms with Crippen LogP contribution in [0.2, 0.25) is 5.02 Å². The molecule has 0 bridgehead atoms. The van der Waals surface area contributed by atoms with E-state index in [2.05, 4.69) is 15.3 Å². The first-order valence-corrected chi connectivity index (χ1v) is 8.95. The number of aromatic amines is 2. The lowest BCUT2D eigenvalue weighted by Gasteiger charge is -2.09. The molecule has 2 aromatic carbocycles. The zero-order valence-electron chi connectivity index (χ0n) is 14.7. The van der Waals surface area contributed by atoms with Crippen LogP contribution in [0.4, 0.5) is 5.69 Å². The second-order valence-corrected chi connectivity index (χ2v) is 6.60. The number of aromatic nitrogens is 2. The first-order chi connectivity index (χ1) is 13.6. The fraction of sp³-hybridized carbons (Fsp3) is 0.0476. The maximum atomic E-state index is 12.4. The van der Waals surface area contributed by atoms with Crippen molar-refractivity contribution in [3.8, 4) is 5.75 Å². The molecule has 6 nitrogen and oxygen atoms in total. The van der Waals surface area contributed by atoms with E-state index in [0.717, 1.165) is 16.5 Å². The van der Waals surface area contributed by atoms with Crippen LogP contribution in [0.1, 0.15) is 16.1 Å². The number of nitrogens with one attached hydrogen (secondary N) is 3. The molecule has 0 atom stereocenters. The van der Waals surface area contributed by atoms with Crippen LogP contribution in [0, 0.1) is 0 Å². The number of fused-ring (bicyclic) bond motifs is 1. The standard InChI is InChI=1S/C21H16ClN3O3/c22-16-4-2-1-3-14(16)12-28-20-11-24-18(10-19(20)26)21(27)25-15-6-5-13-7-8-23-17(13)9-15/h1-11,23H,12H2,(H,24,26)(H,25,27). The Labute approximate surface area is 165 Å². The summed E-state index contributed by atoms with van der Waals surface area (Å²) >= 11 is 6.08. The Kier molecular flexibility index (Phi) is 4.87. The molecule has 0 aliphatic heterocycles. The second-order valence-electron chi connectivity index (χ2n) is 6.19. The van der Waals surface area contributed by atoms with E-state index < -0.39 is 11.3 Å². The van der Waals surface area contributed by atoms with E-state index in [0.29, 0.717) is 10.7 Å². The molecule has 0 spiro atoms. The first kappa shape index (κ1) is 17.9. The minimum atomic E-state index is -0.416. The topological polar surface area (TPSA) is 87.0 Å². The normalized spacial score (nSPS) is 10.8. The van der Waals surface area contributed by atoms with Gasteiger partial charge in [-0.3, -0.25) is 9.59 Å². The number of carbonyl (C=O) groups is 1.